The standard InChI is InChI=1S/C18H24N2/c1-18(2,19-3)14-20(4)17-12-10-16(11-13-17)15-8-6-5-7-9-15/h5-13,19H,14H2,1-4H3. The lowest BCUT2D eigenvalue weighted by Crippen LogP contribution is -2.46. The molecule has 0 amide bonds. The summed E-state index contributed by atoms with van der Waals surface area (Å²) in [4.78, 5) is 2.28. The maximum absolute atomic E-state index is 3.34. The lowest BCUT2D eigenvalue weighted by atomic mass is 10.0. The summed E-state index contributed by atoms with van der Waals surface area (Å²) in [6, 6.07) is 19.2. The zero-order valence-corrected chi connectivity index (χ0v) is 12.9. The predicted octanol–water partition coefficient (Wildman–Crippen LogP) is 3.79. The third-order valence-corrected chi connectivity index (χ3v) is 3.72. The largest absolute Gasteiger partial charge is 0.373 e. The van der Waals surface area contributed by atoms with Crippen molar-refractivity contribution < 1.29 is 0 Å². The molecule has 0 radical (unpaired) electrons. The second kappa shape index (κ2) is 6.10. The highest BCUT2D eigenvalue weighted by Gasteiger charge is 2.17. The van der Waals surface area contributed by atoms with Gasteiger partial charge in [-0.05, 0) is 44.2 Å². The van der Waals surface area contributed by atoms with Crippen LogP contribution in [0, 0.1) is 0 Å². The summed E-state index contributed by atoms with van der Waals surface area (Å²) in [5.74, 6) is 0. The maximum atomic E-state index is 3.34. The second-order valence-electron chi connectivity index (χ2n) is 5.90. The molecule has 0 unspecified atom stereocenters. The van der Waals surface area contributed by atoms with Crippen LogP contribution >= 0.6 is 0 Å². The van der Waals surface area contributed by atoms with Gasteiger partial charge in [0.1, 0.15) is 0 Å². The number of hydrogen-bond donors (Lipinski definition) is 1. The van der Waals surface area contributed by atoms with Crippen molar-refractivity contribution in [3.8, 4) is 11.1 Å². The van der Waals surface area contributed by atoms with Crippen molar-refractivity contribution in [1.82, 2.24) is 5.32 Å². The van der Waals surface area contributed by atoms with E-state index in [1.807, 2.05) is 13.1 Å². The summed E-state index contributed by atoms with van der Waals surface area (Å²) in [5, 5.41) is 3.34. The minimum absolute atomic E-state index is 0.104. The van der Waals surface area contributed by atoms with E-state index in [0.717, 1.165) is 6.54 Å². The van der Waals surface area contributed by atoms with Gasteiger partial charge in [0.2, 0.25) is 0 Å². The fourth-order valence-corrected chi connectivity index (χ4v) is 2.30. The van der Waals surface area contributed by atoms with Gasteiger partial charge in [0.15, 0.2) is 0 Å². The van der Waals surface area contributed by atoms with E-state index >= 15 is 0 Å². The van der Waals surface area contributed by atoms with Gasteiger partial charge in [-0.15, -0.1) is 0 Å². The first-order valence-electron chi connectivity index (χ1n) is 7.07. The Morgan fingerprint density at radius 2 is 1.45 bits per heavy atom. The van der Waals surface area contributed by atoms with E-state index in [9.17, 15) is 0 Å². The van der Waals surface area contributed by atoms with Crippen LogP contribution in [0.1, 0.15) is 13.8 Å². The highest BCUT2D eigenvalue weighted by Crippen LogP contribution is 2.23. The van der Waals surface area contributed by atoms with E-state index in [-0.39, 0.29) is 5.54 Å². The Labute approximate surface area is 122 Å². The van der Waals surface area contributed by atoms with Crippen LogP contribution in [0.5, 0.6) is 0 Å². The molecule has 0 saturated carbocycles. The van der Waals surface area contributed by atoms with E-state index in [1.165, 1.54) is 16.8 Å². The van der Waals surface area contributed by atoms with Crippen molar-refractivity contribution >= 4 is 5.69 Å². The minimum atomic E-state index is 0.104. The average Bonchev–Trinajstić information content (AvgIpc) is 2.48. The molecule has 0 spiro atoms. The van der Waals surface area contributed by atoms with Crippen molar-refractivity contribution in [2.45, 2.75) is 19.4 Å². The van der Waals surface area contributed by atoms with Crippen LogP contribution < -0.4 is 10.2 Å². The summed E-state index contributed by atoms with van der Waals surface area (Å²) >= 11 is 0. The van der Waals surface area contributed by atoms with Gasteiger partial charge >= 0.3 is 0 Å². The number of benzene rings is 2. The molecule has 2 rings (SSSR count). The molecule has 2 aromatic rings. The fraction of sp³-hybridized carbons (Fsp3) is 0.333. The van der Waals surface area contributed by atoms with E-state index in [0.29, 0.717) is 0 Å². The summed E-state index contributed by atoms with van der Waals surface area (Å²) in [7, 11) is 4.14. The fourth-order valence-electron chi connectivity index (χ4n) is 2.30. The molecule has 0 aromatic heterocycles. The van der Waals surface area contributed by atoms with Crippen LogP contribution in [0.3, 0.4) is 0 Å². The lowest BCUT2D eigenvalue weighted by Gasteiger charge is -2.31. The Balaban J connectivity index is 2.12. The van der Waals surface area contributed by atoms with Crippen LogP contribution in [0.2, 0.25) is 0 Å². The molecular formula is C18H24N2. The molecule has 0 bridgehead atoms. The number of nitrogens with zero attached hydrogens (tertiary/aromatic N) is 1. The number of anilines is 1. The second-order valence-corrected chi connectivity index (χ2v) is 5.90. The normalized spacial score (nSPS) is 11.4. The summed E-state index contributed by atoms with van der Waals surface area (Å²) in [6.07, 6.45) is 0. The Bertz CT molecular complexity index is 529. The molecule has 2 nitrogen and oxygen atoms in total. The molecular weight excluding hydrogens is 244 g/mol. The SMILES string of the molecule is CNC(C)(C)CN(C)c1ccc(-c2ccccc2)cc1. The molecule has 0 saturated heterocycles. The van der Waals surface area contributed by atoms with Gasteiger partial charge in [-0.25, -0.2) is 0 Å². The molecule has 0 aliphatic carbocycles. The van der Waals surface area contributed by atoms with Gasteiger partial charge < -0.3 is 10.2 Å². The summed E-state index contributed by atoms with van der Waals surface area (Å²) in [6.45, 7) is 5.39. The molecule has 2 heteroatoms. The summed E-state index contributed by atoms with van der Waals surface area (Å²) < 4.78 is 0. The quantitative estimate of drug-likeness (QED) is 0.887. The third-order valence-electron chi connectivity index (χ3n) is 3.72. The van der Waals surface area contributed by atoms with Gasteiger partial charge in [0, 0.05) is 24.8 Å². The monoisotopic (exact) mass is 268 g/mol. The van der Waals surface area contributed by atoms with Crippen molar-refractivity contribution in [3.05, 3.63) is 54.6 Å². The number of hydrogen-bond acceptors (Lipinski definition) is 2. The van der Waals surface area contributed by atoms with Gasteiger partial charge in [0.05, 0.1) is 0 Å². The van der Waals surface area contributed by atoms with Crippen LogP contribution in [-0.2, 0) is 0 Å². The molecule has 0 aliphatic rings. The number of rotatable bonds is 5. The Hall–Kier alpha value is -1.80. The number of likely N-dealkylation sites (N-methyl/N-ethyl adjacent to an activating group) is 2. The molecule has 0 atom stereocenters. The Morgan fingerprint density at radius 3 is 2.00 bits per heavy atom. The van der Waals surface area contributed by atoms with Crippen molar-refractivity contribution in [2.75, 3.05) is 25.5 Å². The van der Waals surface area contributed by atoms with Crippen molar-refractivity contribution in [1.29, 1.82) is 0 Å². The average molecular weight is 268 g/mol. The summed E-state index contributed by atoms with van der Waals surface area (Å²) in [5.41, 5.74) is 3.87. The maximum Gasteiger partial charge on any atom is 0.0364 e. The van der Waals surface area contributed by atoms with E-state index in [1.54, 1.807) is 0 Å². The third kappa shape index (κ3) is 3.61. The van der Waals surface area contributed by atoms with E-state index in [4.69, 9.17) is 0 Å². The van der Waals surface area contributed by atoms with Crippen LogP contribution in [0.15, 0.2) is 54.6 Å². The molecule has 20 heavy (non-hydrogen) atoms. The molecule has 2 aromatic carbocycles. The van der Waals surface area contributed by atoms with Crippen LogP contribution in [0.4, 0.5) is 5.69 Å². The topological polar surface area (TPSA) is 15.3 Å². The highest BCUT2D eigenvalue weighted by molar-refractivity contribution is 5.66. The van der Waals surface area contributed by atoms with Gasteiger partial charge in [-0.2, -0.15) is 0 Å². The highest BCUT2D eigenvalue weighted by atomic mass is 15.1. The van der Waals surface area contributed by atoms with Crippen molar-refractivity contribution in [3.63, 3.8) is 0 Å². The van der Waals surface area contributed by atoms with Gasteiger partial charge in [-0.3, -0.25) is 0 Å². The molecule has 0 heterocycles. The molecule has 1 N–H and O–H groups in total. The molecule has 0 aliphatic heterocycles. The molecule has 0 fully saturated rings. The first-order valence-corrected chi connectivity index (χ1v) is 7.07. The van der Waals surface area contributed by atoms with Crippen molar-refractivity contribution in [2.24, 2.45) is 0 Å². The molecule has 106 valence electrons. The van der Waals surface area contributed by atoms with E-state index in [2.05, 4.69) is 79.6 Å². The van der Waals surface area contributed by atoms with Crippen LogP contribution in [0.25, 0.3) is 11.1 Å². The smallest absolute Gasteiger partial charge is 0.0364 e. The Morgan fingerprint density at radius 1 is 0.900 bits per heavy atom. The zero-order valence-electron chi connectivity index (χ0n) is 12.9. The zero-order chi connectivity index (χ0) is 14.6. The van der Waals surface area contributed by atoms with Crippen LogP contribution in [-0.4, -0.2) is 26.2 Å². The van der Waals surface area contributed by atoms with Gasteiger partial charge in [0.25, 0.3) is 0 Å². The first-order chi connectivity index (χ1) is 9.52. The first kappa shape index (κ1) is 14.6. The lowest BCUT2D eigenvalue weighted by molar-refractivity contribution is 0.428. The number of nitrogens with one attached hydrogen (secondary N) is 1. The Kier molecular flexibility index (Phi) is 4.46. The predicted molar refractivity (Wildman–Crippen MR) is 88.3 cm³/mol. The van der Waals surface area contributed by atoms with E-state index < -0.39 is 0 Å². The minimum Gasteiger partial charge on any atom is -0.373 e. The van der Waals surface area contributed by atoms with Gasteiger partial charge in [-0.1, -0.05) is 42.5 Å².